The highest BCUT2D eigenvalue weighted by Gasteiger charge is 2.32. The number of tetrazole rings is 1. The van der Waals surface area contributed by atoms with E-state index in [1.165, 1.54) is 23.1 Å². The minimum Gasteiger partial charge on any atom is -0.335 e. The minimum absolute atomic E-state index is 0.102. The molecular weight excluding hydrogens is 411 g/mol. The molecule has 0 bridgehead atoms. The number of carbonyl (C=O) groups is 1. The highest BCUT2D eigenvalue weighted by Crippen LogP contribution is 2.24. The van der Waals surface area contributed by atoms with Crippen molar-refractivity contribution in [2.75, 3.05) is 45.1 Å². The van der Waals surface area contributed by atoms with E-state index in [1.54, 1.807) is 19.2 Å². The summed E-state index contributed by atoms with van der Waals surface area (Å²) in [5.41, 5.74) is 1.20. The van der Waals surface area contributed by atoms with Gasteiger partial charge in [0.25, 0.3) is 5.95 Å². The van der Waals surface area contributed by atoms with Gasteiger partial charge < -0.3 is 15.1 Å². The van der Waals surface area contributed by atoms with Gasteiger partial charge in [-0.2, -0.15) is 0 Å². The third-order valence-corrected chi connectivity index (χ3v) is 6.63. The molecule has 0 saturated carbocycles. The molecule has 2 aromatic rings. The number of aryl methyl sites for hydroxylation is 1. The van der Waals surface area contributed by atoms with Crippen LogP contribution in [0.1, 0.15) is 24.8 Å². The summed E-state index contributed by atoms with van der Waals surface area (Å²) in [7, 11) is 3.83. The van der Waals surface area contributed by atoms with Gasteiger partial charge in [0.1, 0.15) is 5.82 Å². The molecule has 10 heteroatoms. The number of aromatic nitrogens is 4. The predicted molar refractivity (Wildman–Crippen MR) is 120 cm³/mol. The number of hydrogen-bond acceptors (Lipinski definition) is 6. The van der Waals surface area contributed by atoms with Crippen LogP contribution in [0, 0.1) is 17.7 Å². The molecule has 2 saturated heterocycles. The van der Waals surface area contributed by atoms with Gasteiger partial charge in [-0.15, -0.1) is 0 Å². The predicted octanol–water partition coefficient (Wildman–Crippen LogP) is 1.75. The topological polar surface area (TPSA) is 91.2 Å². The van der Waals surface area contributed by atoms with Crippen LogP contribution in [0.2, 0.25) is 0 Å². The Hall–Kier alpha value is -2.59. The van der Waals surface area contributed by atoms with E-state index in [-0.39, 0.29) is 17.9 Å². The summed E-state index contributed by atoms with van der Waals surface area (Å²) in [5, 5.41) is 17.0. The Bertz CT molecular complexity index is 888. The van der Waals surface area contributed by atoms with Crippen molar-refractivity contribution in [3.8, 4) is 0 Å². The van der Waals surface area contributed by atoms with E-state index in [1.807, 2.05) is 12.1 Å². The third kappa shape index (κ3) is 6.01. The van der Waals surface area contributed by atoms with E-state index in [9.17, 15) is 9.18 Å². The lowest BCUT2D eigenvalue weighted by atomic mass is 9.88. The van der Waals surface area contributed by atoms with Crippen LogP contribution in [-0.2, 0) is 13.5 Å². The normalized spacial score (nSPS) is 24.9. The molecule has 4 rings (SSSR count). The van der Waals surface area contributed by atoms with Crippen molar-refractivity contribution in [3.63, 3.8) is 0 Å². The summed E-state index contributed by atoms with van der Waals surface area (Å²) >= 11 is 0. The molecule has 2 amide bonds. The highest BCUT2D eigenvalue weighted by atomic mass is 19.1. The Morgan fingerprint density at radius 3 is 2.72 bits per heavy atom. The Balaban J connectivity index is 1.33. The lowest BCUT2D eigenvalue weighted by Gasteiger charge is -2.41. The molecule has 0 radical (unpaired) electrons. The average molecular weight is 445 g/mol. The van der Waals surface area contributed by atoms with Gasteiger partial charge in [-0.25, -0.2) is 13.9 Å². The zero-order chi connectivity index (χ0) is 22.5. The zero-order valence-corrected chi connectivity index (χ0v) is 18.9. The number of nitrogens with zero attached hydrogens (tertiary/aromatic N) is 6. The highest BCUT2D eigenvalue weighted by molar-refractivity contribution is 5.87. The first-order chi connectivity index (χ1) is 15.5. The lowest BCUT2D eigenvalue weighted by molar-refractivity contribution is 0.0958. The van der Waals surface area contributed by atoms with Gasteiger partial charge in [-0.1, -0.05) is 17.2 Å². The second-order valence-electron chi connectivity index (χ2n) is 9.24. The molecule has 32 heavy (non-hydrogen) atoms. The van der Waals surface area contributed by atoms with Crippen molar-refractivity contribution in [3.05, 3.63) is 35.6 Å². The molecular formula is C22H33FN8O. The van der Waals surface area contributed by atoms with Gasteiger partial charge in [-0.3, -0.25) is 5.32 Å². The van der Waals surface area contributed by atoms with Crippen molar-refractivity contribution in [2.45, 2.75) is 31.7 Å². The van der Waals surface area contributed by atoms with Crippen molar-refractivity contribution >= 4 is 12.0 Å². The second-order valence-corrected chi connectivity index (χ2v) is 9.24. The Morgan fingerprint density at radius 2 is 1.97 bits per heavy atom. The van der Waals surface area contributed by atoms with Gasteiger partial charge in [0.15, 0.2) is 0 Å². The SMILES string of the molecule is CN1CC[C@@H](NC(=O)Nc2nnnn2C)[C@H](CN2CCCC(Cc3ccc(F)cc3)C2)C1. The van der Waals surface area contributed by atoms with Crippen molar-refractivity contribution in [1.82, 2.24) is 35.3 Å². The van der Waals surface area contributed by atoms with E-state index in [0.717, 1.165) is 45.6 Å². The second kappa shape index (κ2) is 10.4. The standard InChI is InChI=1S/C22H33FN8O/c1-29-11-9-20(24-22(32)25-21-26-27-28-30(21)2)18(14-29)15-31-10-3-4-17(13-31)12-16-5-7-19(23)8-6-16/h5-8,17-18,20H,3-4,9-15H2,1-2H3,(H2,24,25,26,28,32)/t17?,18-,20+/m0/s1. The largest absolute Gasteiger partial charge is 0.335 e. The molecule has 3 atom stereocenters. The van der Waals surface area contributed by atoms with E-state index < -0.39 is 0 Å². The number of carbonyl (C=O) groups excluding carboxylic acids is 1. The number of urea groups is 1. The fourth-order valence-electron chi connectivity index (χ4n) is 5.00. The first-order valence-corrected chi connectivity index (χ1v) is 11.4. The van der Waals surface area contributed by atoms with Crippen molar-refractivity contribution < 1.29 is 9.18 Å². The molecule has 0 aliphatic carbocycles. The molecule has 2 fully saturated rings. The summed E-state index contributed by atoms with van der Waals surface area (Å²) < 4.78 is 14.6. The summed E-state index contributed by atoms with van der Waals surface area (Å²) in [4.78, 5) is 17.4. The Morgan fingerprint density at radius 1 is 1.16 bits per heavy atom. The number of hydrogen-bond donors (Lipinski definition) is 2. The van der Waals surface area contributed by atoms with Crippen LogP contribution >= 0.6 is 0 Å². The van der Waals surface area contributed by atoms with E-state index in [4.69, 9.17) is 0 Å². The molecule has 0 spiro atoms. The number of rotatable bonds is 6. The van der Waals surface area contributed by atoms with E-state index >= 15 is 0 Å². The number of benzene rings is 1. The van der Waals surface area contributed by atoms with Gasteiger partial charge in [-0.05, 0) is 79.9 Å². The maximum absolute atomic E-state index is 13.2. The van der Waals surface area contributed by atoms with Crippen LogP contribution < -0.4 is 10.6 Å². The number of nitrogens with one attached hydrogen (secondary N) is 2. The zero-order valence-electron chi connectivity index (χ0n) is 18.9. The molecule has 2 aliphatic heterocycles. The number of piperidine rings is 2. The maximum Gasteiger partial charge on any atom is 0.321 e. The summed E-state index contributed by atoms with van der Waals surface area (Å²) in [5.74, 6) is 1.07. The van der Waals surface area contributed by atoms with Gasteiger partial charge >= 0.3 is 6.03 Å². The fourth-order valence-corrected chi connectivity index (χ4v) is 5.00. The van der Waals surface area contributed by atoms with Crippen LogP contribution in [0.5, 0.6) is 0 Å². The van der Waals surface area contributed by atoms with Crippen LogP contribution in [-0.4, -0.2) is 81.9 Å². The third-order valence-electron chi connectivity index (χ3n) is 6.63. The Labute approximate surface area is 188 Å². The van der Waals surface area contributed by atoms with Crippen molar-refractivity contribution in [2.24, 2.45) is 18.9 Å². The van der Waals surface area contributed by atoms with Crippen LogP contribution in [0.25, 0.3) is 0 Å². The van der Waals surface area contributed by atoms with Crippen molar-refractivity contribution in [1.29, 1.82) is 0 Å². The molecule has 1 aromatic heterocycles. The minimum atomic E-state index is -0.268. The van der Waals surface area contributed by atoms with Gasteiger partial charge in [0, 0.05) is 38.6 Å². The Kier molecular flexibility index (Phi) is 7.31. The summed E-state index contributed by atoms with van der Waals surface area (Å²) in [6, 6.07) is 6.73. The smallest absolute Gasteiger partial charge is 0.321 e. The van der Waals surface area contributed by atoms with E-state index in [2.05, 4.69) is 43.0 Å². The number of anilines is 1. The maximum atomic E-state index is 13.2. The average Bonchev–Trinajstić information content (AvgIpc) is 3.16. The first kappa shape index (κ1) is 22.6. The summed E-state index contributed by atoms with van der Waals surface area (Å²) in [6.07, 6.45) is 4.27. The van der Waals surface area contributed by atoms with Gasteiger partial charge in [0.05, 0.1) is 0 Å². The number of amides is 2. The molecule has 2 N–H and O–H groups in total. The van der Waals surface area contributed by atoms with Gasteiger partial charge in [0.2, 0.25) is 0 Å². The number of likely N-dealkylation sites (tertiary alicyclic amines) is 2. The van der Waals surface area contributed by atoms with Crippen LogP contribution in [0.4, 0.5) is 15.1 Å². The lowest BCUT2D eigenvalue weighted by Crippen LogP contribution is -2.55. The fraction of sp³-hybridized carbons (Fsp3) is 0.636. The van der Waals surface area contributed by atoms with Crippen LogP contribution in [0.3, 0.4) is 0 Å². The van der Waals surface area contributed by atoms with Crippen LogP contribution in [0.15, 0.2) is 24.3 Å². The monoisotopic (exact) mass is 444 g/mol. The molecule has 1 unspecified atom stereocenters. The van der Waals surface area contributed by atoms with E-state index in [0.29, 0.717) is 17.8 Å². The summed E-state index contributed by atoms with van der Waals surface area (Å²) in [6.45, 7) is 5.00. The molecule has 174 valence electrons. The molecule has 3 heterocycles. The molecule has 2 aliphatic rings. The quantitative estimate of drug-likeness (QED) is 0.705. The molecule has 9 nitrogen and oxygen atoms in total. The number of halogens is 1. The molecule has 1 aromatic carbocycles. The first-order valence-electron chi connectivity index (χ1n) is 11.4.